The smallest absolute Gasteiger partial charge is 0.233 e. The van der Waals surface area contributed by atoms with E-state index in [2.05, 4.69) is 19.1 Å². The lowest BCUT2D eigenvalue weighted by Crippen LogP contribution is -2.53. The number of amides is 2. The third-order valence-electron chi connectivity index (χ3n) is 6.22. The molecule has 5 nitrogen and oxygen atoms in total. The summed E-state index contributed by atoms with van der Waals surface area (Å²) >= 11 is 0. The summed E-state index contributed by atoms with van der Waals surface area (Å²) in [6.07, 6.45) is 0. The molecule has 2 amide bonds. The molecule has 0 bridgehead atoms. The van der Waals surface area contributed by atoms with Crippen molar-refractivity contribution in [1.82, 2.24) is 9.80 Å². The maximum atomic E-state index is 12.9. The molecular formula is C20H26N2O3. The van der Waals surface area contributed by atoms with Gasteiger partial charge in [0.25, 0.3) is 0 Å². The molecular weight excluding hydrogens is 316 g/mol. The Bertz CT molecular complexity index is 713. The van der Waals surface area contributed by atoms with E-state index in [1.54, 1.807) is 6.92 Å². The molecule has 3 aliphatic heterocycles. The van der Waals surface area contributed by atoms with Crippen LogP contribution in [-0.4, -0.2) is 54.5 Å². The molecule has 3 fully saturated rings. The van der Waals surface area contributed by atoms with Gasteiger partial charge >= 0.3 is 0 Å². The minimum Gasteiger partial charge on any atom is -0.379 e. The summed E-state index contributed by atoms with van der Waals surface area (Å²) in [7, 11) is 0. The van der Waals surface area contributed by atoms with E-state index in [4.69, 9.17) is 4.74 Å². The summed E-state index contributed by atoms with van der Waals surface area (Å²) < 4.78 is 5.27. The number of aryl methyl sites for hydroxylation is 1. The van der Waals surface area contributed by atoms with Crippen molar-refractivity contribution in [3.8, 4) is 0 Å². The molecule has 0 saturated carbocycles. The molecule has 25 heavy (non-hydrogen) atoms. The topological polar surface area (TPSA) is 49.9 Å². The minimum absolute atomic E-state index is 0.0759. The Morgan fingerprint density at radius 1 is 1.16 bits per heavy atom. The van der Waals surface area contributed by atoms with Gasteiger partial charge in [-0.05, 0) is 25.0 Å². The van der Waals surface area contributed by atoms with E-state index in [0.29, 0.717) is 25.0 Å². The van der Waals surface area contributed by atoms with Gasteiger partial charge < -0.3 is 14.5 Å². The number of rotatable bonds is 2. The van der Waals surface area contributed by atoms with Crippen molar-refractivity contribution in [2.24, 2.45) is 17.3 Å². The second kappa shape index (κ2) is 5.84. The SMILES string of the molecule is CC(=O)N1C[C@H]2CN(C(=O)C3(C)COC3)C[C@H]2[C@H]1c1ccccc1C. The van der Waals surface area contributed by atoms with Gasteiger partial charge in [-0.3, -0.25) is 9.59 Å². The van der Waals surface area contributed by atoms with Crippen LogP contribution < -0.4 is 0 Å². The molecule has 3 atom stereocenters. The van der Waals surface area contributed by atoms with Gasteiger partial charge in [-0.15, -0.1) is 0 Å². The van der Waals surface area contributed by atoms with Gasteiger partial charge in [-0.1, -0.05) is 24.3 Å². The van der Waals surface area contributed by atoms with Gasteiger partial charge in [-0.25, -0.2) is 0 Å². The van der Waals surface area contributed by atoms with Crippen LogP contribution in [0.4, 0.5) is 0 Å². The maximum absolute atomic E-state index is 12.9. The Hall–Kier alpha value is -1.88. The van der Waals surface area contributed by atoms with Crippen LogP contribution in [0.15, 0.2) is 24.3 Å². The molecule has 0 spiro atoms. The summed E-state index contributed by atoms with van der Waals surface area (Å²) in [5.74, 6) is 1.02. The van der Waals surface area contributed by atoms with E-state index in [1.807, 2.05) is 28.9 Å². The third-order valence-corrected chi connectivity index (χ3v) is 6.22. The number of benzene rings is 1. The number of hydrogen-bond donors (Lipinski definition) is 0. The zero-order valence-corrected chi connectivity index (χ0v) is 15.2. The molecule has 0 radical (unpaired) electrons. The minimum atomic E-state index is -0.350. The molecule has 0 aromatic heterocycles. The predicted molar refractivity (Wildman–Crippen MR) is 93.8 cm³/mol. The van der Waals surface area contributed by atoms with Crippen molar-refractivity contribution >= 4 is 11.8 Å². The largest absolute Gasteiger partial charge is 0.379 e. The Labute approximate surface area is 148 Å². The van der Waals surface area contributed by atoms with E-state index < -0.39 is 0 Å². The number of nitrogens with zero attached hydrogens (tertiary/aromatic N) is 2. The van der Waals surface area contributed by atoms with Crippen LogP contribution >= 0.6 is 0 Å². The number of hydrogen-bond acceptors (Lipinski definition) is 3. The highest BCUT2D eigenvalue weighted by Crippen LogP contribution is 2.46. The van der Waals surface area contributed by atoms with E-state index in [-0.39, 0.29) is 23.3 Å². The fraction of sp³-hybridized carbons (Fsp3) is 0.600. The van der Waals surface area contributed by atoms with Crippen molar-refractivity contribution in [3.63, 3.8) is 0 Å². The van der Waals surface area contributed by atoms with Crippen LogP contribution in [0.3, 0.4) is 0 Å². The van der Waals surface area contributed by atoms with Gasteiger partial charge in [0, 0.05) is 38.4 Å². The number of carbonyl (C=O) groups excluding carboxylic acids is 2. The molecule has 4 rings (SSSR count). The lowest BCUT2D eigenvalue weighted by molar-refractivity contribution is -0.168. The lowest BCUT2D eigenvalue weighted by atomic mass is 9.86. The fourth-order valence-electron chi connectivity index (χ4n) is 4.77. The highest BCUT2D eigenvalue weighted by Gasteiger charge is 2.52. The van der Waals surface area contributed by atoms with E-state index in [1.165, 1.54) is 11.1 Å². The molecule has 3 heterocycles. The maximum Gasteiger partial charge on any atom is 0.233 e. The predicted octanol–water partition coefficient (Wildman–Crippen LogP) is 2.01. The molecule has 1 aromatic rings. The average Bonchev–Trinajstić information content (AvgIpc) is 3.10. The first-order valence-corrected chi connectivity index (χ1v) is 9.10. The van der Waals surface area contributed by atoms with Gasteiger partial charge in [0.15, 0.2) is 0 Å². The number of carbonyl (C=O) groups is 2. The zero-order chi connectivity index (χ0) is 17.8. The first-order chi connectivity index (χ1) is 11.9. The second-order valence-electron chi connectivity index (χ2n) is 8.16. The molecule has 5 heteroatoms. The summed E-state index contributed by atoms with van der Waals surface area (Å²) in [4.78, 5) is 29.1. The molecule has 0 aliphatic carbocycles. The molecule has 134 valence electrons. The Morgan fingerprint density at radius 2 is 1.88 bits per heavy atom. The molecule has 0 unspecified atom stereocenters. The first kappa shape index (κ1) is 16.6. The summed E-state index contributed by atoms with van der Waals surface area (Å²) in [5, 5.41) is 0. The highest BCUT2D eigenvalue weighted by molar-refractivity contribution is 5.84. The van der Waals surface area contributed by atoms with Gasteiger partial charge in [-0.2, -0.15) is 0 Å². The number of fused-ring (bicyclic) bond motifs is 1. The zero-order valence-electron chi connectivity index (χ0n) is 15.2. The lowest BCUT2D eigenvalue weighted by Gasteiger charge is -2.40. The molecule has 3 aliphatic rings. The van der Waals surface area contributed by atoms with Crippen LogP contribution in [-0.2, 0) is 14.3 Å². The Kier molecular flexibility index (Phi) is 3.87. The third kappa shape index (κ3) is 2.56. The van der Waals surface area contributed by atoms with Gasteiger partial charge in [0.2, 0.25) is 11.8 Å². The number of likely N-dealkylation sites (tertiary alicyclic amines) is 2. The summed E-state index contributed by atoms with van der Waals surface area (Å²) in [6.45, 7) is 9.04. The average molecular weight is 342 g/mol. The van der Waals surface area contributed by atoms with Crippen LogP contribution in [0.5, 0.6) is 0 Å². The summed E-state index contributed by atoms with van der Waals surface area (Å²) in [6, 6.07) is 8.38. The quantitative estimate of drug-likeness (QED) is 0.826. The van der Waals surface area contributed by atoms with Crippen LogP contribution in [0, 0.1) is 24.2 Å². The van der Waals surface area contributed by atoms with Crippen molar-refractivity contribution < 1.29 is 14.3 Å². The number of ether oxygens (including phenoxy) is 1. The van der Waals surface area contributed by atoms with Gasteiger partial charge in [0.1, 0.15) is 0 Å². The van der Waals surface area contributed by atoms with Crippen molar-refractivity contribution in [1.29, 1.82) is 0 Å². The van der Waals surface area contributed by atoms with Gasteiger partial charge in [0.05, 0.1) is 24.7 Å². The Balaban J connectivity index is 1.61. The summed E-state index contributed by atoms with van der Waals surface area (Å²) in [5.41, 5.74) is 2.08. The van der Waals surface area contributed by atoms with Crippen molar-refractivity contribution in [3.05, 3.63) is 35.4 Å². The van der Waals surface area contributed by atoms with Crippen LogP contribution in [0.25, 0.3) is 0 Å². The van der Waals surface area contributed by atoms with Crippen molar-refractivity contribution in [2.75, 3.05) is 32.8 Å². The normalized spacial score (nSPS) is 30.1. The molecule has 1 aromatic carbocycles. The Morgan fingerprint density at radius 3 is 2.48 bits per heavy atom. The van der Waals surface area contributed by atoms with E-state index >= 15 is 0 Å². The van der Waals surface area contributed by atoms with E-state index in [0.717, 1.165) is 19.6 Å². The van der Waals surface area contributed by atoms with Crippen LogP contribution in [0.2, 0.25) is 0 Å². The fourth-order valence-corrected chi connectivity index (χ4v) is 4.77. The standard InChI is InChI=1S/C20H26N2O3/c1-13-6-4-5-7-16(13)18-17-10-21(19(24)20(3)11-25-12-20)8-15(17)9-22(18)14(2)23/h4-7,15,17-18H,8-12H2,1-3H3/t15-,17-,18-/m1/s1. The molecule has 3 saturated heterocycles. The first-order valence-electron chi connectivity index (χ1n) is 9.10. The van der Waals surface area contributed by atoms with E-state index in [9.17, 15) is 9.59 Å². The van der Waals surface area contributed by atoms with Crippen LogP contribution in [0.1, 0.15) is 31.0 Å². The highest BCUT2D eigenvalue weighted by atomic mass is 16.5. The van der Waals surface area contributed by atoms with Crippen molar-refractivity contribution in [2.45, 2.75) is 26.8 Å². The second-order valence-corrected chi connectivity index (χ2v) is 8.16. The monoisotopic (exact) mass is 342 g/mol. The molecule has 0 N–H and O–H groups in total.